The zero-order valence-corrected chi connectivity index (χ0v) is 20.6. The standard InChI is InChI=1S/C18H35N7OS.HI/c1-16-22-23-17(24(16)2)15-21-18(19-7-4-5-14-27-3)20-8-6-9-25-10-12-26-13-11-25;/h4-15H2,1-3H3,(H2,19,20,21);1H. The lowest BCUT2D eigenvalue weighted by Crippen LogP contribution is -2.41. The van der Waals surface area contributed by atoms with Gasteiger partial charge in [0.15, 0.2) is 11.8 Å². The molecule has 0 spiro atoms. The monoisotopic (exact) mass is 525 g/mol. The summed E-state index contributed by atoms with van der Waals surface area (Å²) < 4.78 is 7.39. The van der Waals surface area contributed by atoms with Crippen molar-refractivity contribution in [2.24, 2.45) is 12.0 Å². The maximum atomic E-state index is 5.40. The molecule has 10 heteroatoms. The highest BCUT2D eigenvalue weighted by molar-refractivity contribution is 14.0. The van der Waals surface area contributed by atoms with Crippen LogP contribution in [-0.4, -0.2) is 83.6 Å². The molecule has 2 rings (SSSR count). The van der Waals surface area contributed by atoms with Crippen LogP contribution in [0.15, 0.2) is 4.99 Å². The number of nitrogens with one attached hydrogen (secondary N) is 2. The summed E-state index contributed by atoms with van der Waals surface area (Å²) in [6, 6.07) is 0. The molecule has 0 saturated carbocycles. The molecule has 1 aliphatic rings. The van der Waals surface area contributed by atoms with Crippen LogP contribution in [0.4, 0.5) is 0 Å². The summed E-state index contributed by atoms with van der Waals surface area (Å²) in [5.41, 5.74) is 0. The van der Waals surface area contributed by atoms with Gasteiger partial charge in [-0.25, -0.2) is 4.99 Å². The Kier molecular flexibility index (Phi) is 13.9. The molecule has 0 aliphatic carbocycles. The van der Waals surface area contributed by atoms with Crippen LogP contribution in [-0.2, 0) is 18.3 Å². The number of hydrogen-bond donors (Lipinski definition) is 2. The predicted octanol–water partition coefficient (Wildman–Crippen LogP) is 1.64. The van der Waals surface area contributed by atoms with Gasteiger partial charge in [0.2, 0.25) is 0 Å². The van der Waals surface area contributed by atoms with Crippen molar-refractivity contribution < 1.29 is 4.74 Å². The average molecular weight is 526 g/mol. The smallest absolute Gasteiger partial charge is 0.191 e. The van der Waals surface area contributed by atoms with Crippen molar-refractivity contribution >= 4 is 41.7 Å². The second kappa shape index (κ2) is 15.3. The first-order valence-electron chi connectivity index (χ1n) is 9.87. The summed E-state index contributed by atoms with van der Waals surface area (Å²) >= 11 is 1.90. The molecule has 0 bridgehead atoms. The average Bonchev–Trinajstić information content (AvgIpc) is 3.01. The minimum Gasteiger partial charge on any atom is -0.379 e. The van der Waals surface area contributed by atoms with Crippen LogP contribution in [0.2, 0.25) is 0 Å². The van der Waals surface area contributed by atoms with Crippen molar-refractivity contribution in [3.63, 3.8) is 0 Å². The van der Waals surface area contributed by atoms with Gasteiger partial charge in [0.25, 0.3) is 0 Å². The van der Waals surface area contributed by atoms with Gasteiger partial charge in [-0.1, -0.05) is 0 Å². The van der Waals surface area contributed by atoms with E-state index in [0.717, 1.165) is 76.4 Å². The number of halogens is 1. The molecule has 0 aromatic carbocycles. The number of aliphatic imine (C=N–C) groups is 1. The first-order chi connectivity index (χ1) is 13.2. The molecule has 2 heterocycles. The fraction of sp³-hybridized carbons (Fsp3) is 0.833. The van der Waals surface area contributed by atoms with E-state index in [0.29, 0.717) is 6.54 Å². The fourth-order valence-corrected chi connectivity index (χ4v) is 3.32. The number of rotatable bonds is 11. The molecule has 162 valence electrons. The summed E-state index contributed by atoms with van der Waals surface area (Å²) in [6.07, 6.45) is 5.62. The third-order valence-corrected chi connectivity index (χ3v) is 5.37. The SMILES string of the molecule is CSCCCCNC(=NCc1nnc(C)n1C)NCCCN1CCOCC1.I. The molecule has 28 heavy (non-hydrogen) atoms. The van der Waals surface area contributed by atoms with Crippen molar-refractivity contribution in [2.75, 3.05) is 57.9 Å². The van der Waals surface area contributed by atoms with Crippen LogP contribution >= 0.6 is 35.7 Å². The van der Waals surface area contributed by atoms with Gasteiger partial charge in [0.1, 0.15) is 12.4 Å². The van der Waals surface area contributed by atoms with E-state index in [9.17, 15) is 0 Å². The van der Waals surface area contributed by atoms with Gasteiger partial charge in [-0.2, -0.15) is 11.8 Å². The Hall–Kier alpha value is -0.590. The van der Waals surface area contributed by atoms with E-state index in [4.69, 9.17) is 9.73 Å². The molecule has 1 fully saturated rings. The summed E-state index contributed by atoms with van der Waals surface area (Å²) in [5.74, 6) is 3.86. The molecule has 0 atom stereocenters. The number of nitrogens with zero attached hydrogens (tertiary/aromatic N) is 5. The van der Waals surface area contributed by atoms with E-state index in [1.807, 2.05) is 30.3 Å². The van der Waals surface area contributed by atoms with Crippen LogP contribution in [0.1, 0.15) is 30.9 Å². The molecule has 1 saturated heterocycles. The van der Waals surface area contributed by atoms with Crippen molar-refractivity contribution in [3.05, 3.63) is 11.6 Å². The van der Waals surface area contributed by atoms with E-state index in [-0.39, 0.29) is 24.0 Å². The molecular formula is C18H36IN7OS. The Morgan fingerprint density at radius 3 is 2.50 bits per heavy atom. The third kappa shape index (κ3) is 9.75. The number of aromatic nitrogens is 3. The van der Waals surface area contributed by atoms with Crippen molar-refractivity contribution in [3.8, 4) is 0 Å². The third-order valence-electron chi connectivity index (χ3n) is 4.68. The molecular weight excluding hydrogens is 489 g/mol. The molecule has 2 N–H and O–H groups in total. The number of thioether (sulfide) groups is 1. The molecule has 0 radical (unpaired) electrons. The van der Waals surface area contributed by atoms with E-state index < -0.39 is 0 Å². The second-order valence-corrected chi connectivity index (χ2v) is 7.73. The minimum absolute atomic E-state index is 0. The normalized spacial score (nSPS) is 15.3. The maximum absolute atomic E-state index is 5.40. The number of morpholine rings is 1. The quantitative estimate of drug-likeness (QED) is 0.197. The zero-order chi connectivity index (χ0) is 19.3. The van der Waals surface area contributed by atoms with E-state index in [1.54, 1.807) is 0 Å². The minimum atomic E-state index is 0. The second-order valence-electron chi connectivity index (χ2n) is 6.75. The van der Waals surface area contributed by atoms with E-state index >= 15 is 0 Å². The number of unbranched alkanes of at least 4 members (excludes halogenated alkanes) is 1. The fourth-order valence-electron chi connectivity index (χ4n) is 2.83. The molecule has 1 aliphatic heterocycles. The van der Waals surface area contributed by atoms with Gasteiger partial charge in [-0.05, 0) is 44.7 Å². The number of aryl methyl sites for hydroxylation is 1. The lowest BCUT2D eigenvalue weighted by atomic mass is 10.3. The lowest BCUT2D eigenvalue weighted by molar-refractivity contribution is 0.0376. The van der Waals surface area contributed by atoms with Crippen LogP contribution in [0.3, 0.4) is 0 Å². The van der Waals surface area contributed by atoms with Crippen LogP contribution < -0.4 is 10.6 Å². The van der Waals surface area contributed by atoms with Gasteiger partial charge in [-0.15, -0.1) is 34.2 Å². The zero-order valence-electron chi connectivity index (χ0n) is 17.4. The predicted molar refractivity (Wildman–Crippen MR) is 128 cm³/mol. The molecule has 1 aromatic heterocycles. The molecule has 1 aromatic rings. The van der Waals surface area contributed by atoms with Crippen LogP contribution in [0.5, 0.6) is 0 Å². The van der Waals surface area contributed by atoms with Crippen molar-refractivity contribution in [1.82, 2.24) is 30.3 Å². The highest BCUT2D eigenvalue weighted by Crippen LogP contribution is 2.01. The maximum Gasteiger partial charge on any atom is 0.191 e. The van der Waals surface area contributed by atoms with Gasteiger partial charge in [0.05, 0.1) is 13.2 Å². The van der Waals surface area contributed by atoms with Gasteiger partial charge in [-0.3, -0.25) is 4.90 Å². The highest BCUT2D eigenvalue weighted by Gasteiger charge is 2.09. The summed E-state index contributed by atoms with van der Waals surface area (Å²) in [6.45, 7) is 9.22. The molecule has 8 nitrogen and oxygen atoms in total. The molecule has 0 unspecified atom stereocenters. The van der Waals surface area contributed by atoms with Crippen LogP contribution in [0, 0.1) is 6.92 Å². The summed E-state index contributed by atoms with van der Waals surface area (Å²) in [4.78, 5) is 7.16. The largest absolute Gasteiger partial charge is 0.379 e. The van der Waals surface area contributed by atoms with E-state index in [1.165, 1.54) is 12.2 Å². The van der Waals surface area contributed by atoms with Gasteiger partial charge >= 0.3 is 0 Å². The Morgan fingerprint density at radius 2 is 1.86 bits per heavy atom. The molecule has 0 amide bonds. The number of ether oxygens (including phenoxy) is 1. The summed E-state index contributed by atoms with van der Waals surface area (Å²) in [5, 5.41) is 15.2. The Bertz CT molecular complexity index is 564. The number of hydrogen-bond acceptors (Lipinski definition) is 6. The van der Waals surface area contributed by atoms with Crippen molar-refractivity contribution in [1.29, 1.82) is 0 Å². The van der Waals surface area contributed by atoms with Gasteiger partial charge in [0, 0.05) is 33.2 Å². The first kappa shape index (κ1) is 25.4. The Balaban J connectivity index is 0.00000392. The summed E-state index contributed by atoms with van der Waals surface area (Å²) in [7, 11) is 1.98. The number of guanidine groups is 1. The van der Waals surface area contributed by atoms with Gasteiger partial charge < -0.3 is 19.9 Å². The van der Waals surface area contributed by atoms with Crippen molar-refractivity contribution in [2.45, 2.75) is 32.7 Å². The highest BCUT2D eigenvalue weighted by atomic mass is 127. The lowest BCUT2D eigenvalue weighted by Gasteiger charge is -2.26. The van der Waals surface area contributed by atoms with Crippen LogP contribution in [0.25, 0.3) is 0 Å². The first-order valence-corrected chi connectivity index (χ1v) is 11.3. The topological polar surface area (TPSA) is 79.6 Å². The Labute approximate surface area is 190 Å². The Morgan fingerprint density at radius 1 is 1.14 bits per heavy atom. The van der Waals surface area contributed by atoms with E-state index in [2.05, 4.69) is 32.0 Å².